The number of pyridine rings is 1. The van der Waals surface area contributed by atoms with Gasteiger partial charge in [0.25, 0.3) is 11.5 Å². The average molecular weight is 489 g/mol. The quantitative estimate of drug-likeness (QED) is 0.463. The van der Waals surface area contributed by atoms with Crippen molar-refractivity contribution in [3.63, 3.8) is 0 Å². The van der Waals surface area contributed by atoms with E-state index < -0.39 is 11.5 Å². The molecule has 0 unspecified atom stereocenters. The summed E-state index contributed by atoms with van der Waals surface area (Å²) in [5.41, 5.74) is 6.28. The number of rotatable bonds is 7. The van der Waals surface area contributed by atoms with Crippen molar-refractivity contribution < 1.29 is 9.53 Å². The summed E-state index contributed by atoms with van der Waals surface area (Å²) < 4.78 is 6.82. The van der Waals surface area contributed by atoms with Gasteiger partial charge in [0.1, 0.15) is 23.5 Å². The molecule has 1 aromatic carbocycles. The second-order valence-electron chi connectivity index (χ2n) is 7.70. The second kappa shape index (κ2) is 9.38. The van der Waals surface area contributed by atoms with Crippen LogP contribution in [0.4, 0.5) is 11.5 Å². The van der Waals surface area contributed by atoms with Crippen molar-refractivity contribution >= 4 is 40.6 Å². The highest BCUT2D eigenvalue weighted by molar-refractivity contribution is 6.38. The lowest BCUT2D eigenvalue weighted by Gasteiger charge is -2.15. The Hall–Kier alpha value is -3.14. The van der Waals surface area contributed by atoms with Crippen molar-refractivity contribution in [2.75, 3.05) is 18.1 Å². The summed E-state index contributed by atoms with van der Waals surface area (Å²) in [7, 11) is 1.82. The number of hydrogen-bond acceptors (Lipinski definition) is 7. The molecule has 2 aromatic heterocycles. The van der Waals surface area contributed by atoms with Crippen molar-refractivity contribution in [3.05, 3.63) is 68.4 Å². The van der Waals surface area contributed by atoms with E-state index in [9.17, 15) is 9.59 Å². The Labute approximate surface area is 199 Å². The Bertz CT molecular complexity index is 1250. The largest absolute Gasteiger partial charge is 0.490 e. The van der Waals surface area contributed by atoms with Crippen molar-refractivity contribution in [2.45, 2.75) is 31.9 Å². The molecule has 4 rings (SSSR count). The standard InChI is InChI=1S/C22H22Cl2N6O3/c1-11(26-2)12-5-13(9-27-8-12)29-21(31)18-20(25)28-10-30(22(18)32)19-16(23)6-15(7-17(19)24)33-14-3-4-14/h5-11,14,26H,3-4,25H2,1-2H3,(H,29,31)/t11-/m1/s1. The number of aromatic nitrogens is 3. The lowest BCUT2D eigenvalue weighted by atomic mass is 10.1. The highest BCUT2D eigenvalue weighted by Gasteiger charge is 2.25. The van der Waals surface area contributed by atoms with Crippen LogP contribution in [0.5, 0.6) is 5.75 Å². The summed E-state index contributed by atoms with van der Waals surface area (Å²) in [5, 5.41) is 6.11. The van der Waals surface area contributed by atoms with Gasteiger partial charge in [-0.05, 0) is 38.4 Å². The molecule has 4 N–H and O–H groups in total. The number of amides is 1. The van der Waals surface area contributed by atoms with E-state index >= 15 is 0 Å². The highest BCUT2D eigenvalue weighted by atomic mass is 35.5. The van der Waals surface area contributed by atoms with Gasteiger partial charge in [-0.1, -0.05) is 23.2 Å². The maximum absolute atomic E-state index is 13.2. The molecule has 1 amide bonds. The Morgan fingerprint density at radius 2 is 1.94 bits per heavy atom. The van der Waals surface area contributed by atoms with Gasteiger partial charge in [-0.2, -0.15) is 0 Å². The van der Waals surface area contributed by atoms with Crippen LogP contribution in [0, 0.1) is 0 Å². The van der Waals surface area contributed by atoms with E-state index in [1.807, 2.05) is 14.0 Å². The number of carbonyl (C=O) groups is 1. The summed E-state index contributed by atoms with van der Waals surface area (Å²) in [6.07, 6.45) is 6.44. The van der Waals surface area contributed by atoms with Gasteiger partial charge in [-0.15, -0.1) is 0 Å². The molecule has 1 aliphatic rings. The summed E-state index contributed by atoms with van der Waals surface area (Å²) >= 11 is 12.8. The first-order valence-electron chi connectivity index (χ1n) is 10.2. The number of carbonyl (C=O) groups excluding carboxylic acids is 1. The first kappa shape index (κ1) is 23.0. The Kier molecular flexibility index (Phi) is 6.55. The smallest absolute Gasteiger partial charge is 0.273 e. The van der Waals surface area contributed by atoms with Crippen molar-refractivity contribution in [2.24, 2.45) is 0 Å². The van der Waals surface area contributed by atoms with E-state index in [1.165, 1.54) is 12.5 Å². The first-order valence-corrected chi connectivity index (χ1v) is 11.0. The molecule has 1 atom stereocenters. The zero-order valence-corrected chi connectivity index (χ0v) is 19.4. The third-order valence-electron chi connectivity index (χ3n) is 5.24. The van der Waals surface area contributed by atoms with E-state index in [2.05, 4.69) is 20.6 Å². The zero-order chi connectivity index (χ0) is 23.7. The number of halogens is 2. The average Bonchev–Trinajstić information content (AvgIpc) is 3.58. The second-order valence-corrected chi connectivity index (χ2v) is 8.52. The van der Waals surface area contributed by atoms with Gasteiger partial charge in [0.2, 0.25) is 0 Å². The fourth-order valence-electron chi connectivity index (χ4n) is 3.18. The van der Waals surface area contributed by atoms with Crippen LogP contribution in [-0.2, 0) is 0 Å². The number of benzene rings is 1. The number of anilines is 2. The number of nitrogens with one attached hydrogen (secondary N) is 2. The fraction of sp³-hybridized carbons (Fsp3) is 0.273. The van der Waals surface area contributed by atoms with Gasteiger partial charge in [-0.3, -0.25) is 19.1 Å². The number of nitrogens with zero attached hydrogens (tertiary/aromatic N) is 3. The van der Waals surface area contributed by atoms with E-state index in [0.29, 0.717) is 11.4 Å². The number of hydrogen-bond donors (Lipinski definition) is 3. The van der Waals surface area contributed by atoms with Crippen LogP contribution in [0.1, 0.15) is 41.7 Å². The van der Waals surface area contributed by atoms with Crippen molar-refractivity contribution in [1.29, 1.82) is 0 Å². The molecular formula is C22H22Cl2N6O3. The molecule has 172 valence electrons. The number of ether oxygens (including phenoxy) is 1. The summed E-state index contributed by atoms with van der Waals surface area (Å²) in [4.78, 5) is 34.3. The maximum atomic E-state index is 13.2. The molecule has 33 heavy (non-hydrogen) atoms. The summed E-state index contributed by atoms with van der Waals surface area (Å²) in [6.45, 7) is 1.95. The molecule has 9 nitrogen and oxygen atoms in total. The maximum Gasteiger partial charge on any atom is 0.273 e. The van der Waals surface area contributed by atoms with E-state index in [4.69, 9.17) is 33.7 Å². The Balaban J connectivity index is 1.68. The minimum atomic E-state index is -0.726. The zero-order valence-electron chi connectivity index (χ0n) is 17.9. The number of nitrogens with two attached hydrogens (primary N) is 1. The molecule has 0 bridgehead atoms. The molecule has 1 saturated carbocycles. The third kappa shape index (κ3) is 4.95. The molecule has 1 fully saturated rings. The van der Waals surface area contributed by atoms with Gasteiger partial charge < -0.3 is 21.1 Å². The molecule has 1 aliphatic carbocycles. The highest BCUT2D eigenvalue weighted by Crippen LogP contribution is 2.35. The molecule has 0 radical (unpaired) electrons. The van der Waals surface area contributed by atoms with Gasteiger partial charge >= 0.3 is 0 Å². The lowest BCUT2D eigenvalue weighted by Crippen LogP contribution is -2.31. The predicted octanol–water partition coefficient (Wildman–Crippen LogP) is 3.59. The van der Waals surface area contributed by atoms with Crippen molar-refractivity contribution in [3.8, 4) is 11.4 Å². The van der Waals surface area contributed by atoms with E-state index in [0.717, 1.165) is 23.0 Å². The molecule has 3 aromatic rings. The fourth-order valence-corrected chi connectivity index (χ4v) is 3.83. The molecular weight excluding hydrogens is 467 g/mol. The molecule has 2 heterocycles. The number of nitrogen functional groups attached to an aromatic ring is 1. The minimum Gasteiger partial charge on any atom is -0.490 e. The van der Waals surface area contributed by atoms with Crippen LogP contribution in [0.25, 0.3) is 5.69 Å². The molecule has 0 aliphatic heterocycles. The van der Waals surface area contributed by atoms with Gasteiger partial charge in [-0.25, -0.2) is 4.98 Å². The molecule has 11 heteroatoms. The van der Waals surface area contributed by atoms with Crippen molar-refractivity contribution in [1.82, 2.24) is 19.9 Å². The lowest BCUT2D eigenvalue weighted by molar-refractivity contribution is 0.102. The van der Waals surface area contributed by atoms with Crippen LogP contribution >= 0.6 is 23.2 Å². The monoisotopic (exact) mass is 488 g/mol. The minimum absolute atomic E-state index is 0.0196. The topological polar surface area (TPSA) is 124 Å². The third-order valence-corrected chi connectivity index (χ3v) is 5.81. The Morgan fingerprint density at radius 3 is 2.58 bits per heavy atom. The predicted molar refractivity (Wildman–Crippen MR) is 128 cm³/mol. The SMILES string of the molecule is CN[C@H](C)c1cncc(NC(=O)c2c(N)ncn(-c3c(Cl)cc(OC4CC4)cc3Cl)c2=O)c1. The van der Waals surface area contributed by atoms with Crippen LogP contribution < -0.4 is 26.7 Å². The first-order chi connectivity index (χ1) is 15.8. The normalized spacial score (nSPS) is 14.1. The van der Waals surface area contributed by atoms with Crippen LogP contribution in [0.15, 0.2) is 41.7 Å². The van der Waals surface area contributed by atoms with Gasteiger partial charge in [0, 0.05) is 24.4 Å². The van der Waals surface area contributed by atoms with Gasteiger partial charge in [0.05, 0.1) is 33.7 Å². The van der Waals surface area contributed by atoms with Crippen LogP contribution in [0.2, 0.25) is 10.0 Å². The molecule has 0 spiro atoms. The molecule has 0 saturated heterocycles. The van der Waals surface area contributed by atoms with Gasteiger partial charge in [0.15, 0.2) is 0 Å². The Morgan fingerprint density at radius 1 is 1.24 bits per heavy atom. The van der Waals surface area contributed by atoms with Crippen LogP contribution in [-0.4, -0.2) is 33.6 Å². The van der Waals surface area contributed by atoms with E-state index in [1.54, 1.807) is 24.4 Å². The van der Waals surface area contributed by atoms with E-state index in [-0.39, 0.29) is 39.3 Å². The summed E-state index contributed by atoms with van der Waals surface area (Å²) in [6, 6.07) is 4.92. The van der Waals surface area contributed by atoms with Crippen LogP contribution in [0.3, 0.4) is 0 Å². The summed E-state index contributed by atoms with van der Waals surface area (Å²) in [5.74, 6) is -0.437.